The van der Waals surface area contributed by atoms with E-state index in [1.165, 1.54) is 48.6 Å². The number of allylic oxidation sites excluding steroid dienone is 4. The van der Waals surface area contributed by atoms with Crippen molar-refractivity contribution in [2.45, 2.75) is 67.2 Å². The van der Waals surface area contributed by atoms with Gasteiger partial charge in [-0.05, 0) is 103 Å². The molecule has 0 aliphatic carbocycles. The zero-order valence-electron chi connectivity index (χ0n) is 22.5. The fourth-order valence-corrected chi connectivity index (χ4v) is 6.96. The molecule has 8 bridgehead atoms. The number of phenolic OH excluding ortho intramolecular Hbond substituents is 2. The SMILES string of the molecule is CCC1=C(C)C2=NC1=Cc1cc(c(O)cc1O)C=C1N=C(C=c3sc(c(CC)c3CC)=C2)C(C)=C1CC. The Kier molecular flexibility index (Phi) is 6.67. The highest BCUT2D eigenvalue weighted by atomic mass is 32.1. The molecule has 0 radical (unpaired) electrons. The van der Waals surface area contributed by atoms with Gasteiger partial charge in [-0.3, -0.25) is 0 Å². The van der Waals surface area contributed by atoms with Gasteiger partial charge in [0.1, 0.15) is 11.5 Å². The van der Waals surface area contributed by atoms with E-state index in [2.05, 4.69) is 53.7 Å². The summed E-state index contributed by atoms with van der Waals surface area (Å²) in [5.74, 6) is 0.0632. The van der Waals surface area contributed by atoms with Crippen LogP contribution in [0.4, 0.5) is 0 Å². The van der Waals surface area contributed by atoms with Crippen LogP contribution in [0.15, 0.2) is 55.8 Å². The number of aromatic hydroxyl groups is 2. The average molecular weight is 511 g/mol. The third kappa shape index (κ3) is 4.25. The van der Waals surface area contributed by atoms with Crippen LogP contribution in [0.5, 0.6) is 11.5 Å². The van der Waals surface area contributed by atoms with Crippen LogP contribution in [-0.2, 0) is 12.8 Å². The molecular weight excluding hydrogens is 476 g/mol. The second-order valence-electron chi connectivity index (χ2n) is 9.72. The number of fused-ring (bicyclic) bond motifs is 6. The first kappa shape index (κ1) is 25.2. The molecule has 0 amide bonds. The van der Waals surface area contributed by atoms with Gasteiger partial charge in [0.25, 0.3) is 0 Å². The van der Waals surface area contributed by atoms with E-state index in [4.69, 9.17) is 9.98 Å². The zero-order valence-corrected chi connectivity index (χ0v) is 23.3. The number of thiophene rings is 1. The van der Waals surface area contributed by atoms with Crippen molar-refractivity contribution in [1.29, 1.82) is 0 Å². The molecule has 1 aromatic heterocycles. The van der Waals surface area contributed by atoms with Gasteiger partial charge in [0.2, 0.25) is 0 Å². The van der Waals surface area contributed by atoms with Crippen LogP contribution in [-0.4, -0.2) is 21.6 Å². The molecule has 0 saturated carbocycles. The van der Waals surface area contributed by atoms with E-state index >= 15 is 0 Å². The molecule has 0 saturated heterocycles. The Hall–Kier alpha value is -3.44. The van der Waals surface area contributed by atoms with Crippen molar-refractivity contribution in [3.63, 3.8) is 0 Å². The molecule has 1 aromatic carbocycles. The summed E-state index contributed by atoms with van der Waals surface area (Å²) in [4.78, 5) is 10.1. The highest BCUT2D eigenvalue weighted by molar-refractivity contribution is 7.08. The molecule has 5 rings (SSSR count). The summed E-state index contributed by atoms with van der Waals surface area (Å²) in [6.45, 7) is 13.0. The smallest absolute Gasteiger partial charge is 0.126 e. The topological polar surface area (TPSA) is 65.2 Å². The Morgan fingerprint density at radius 2 is 1.05 bits per heavy atom. The molecule has 0 spiro atoms. The number of benzene rings is 1. The number of aliphatic imine (C=N–C) groups is 2. The largest absolute Gasteiger partial charge is 0.507 e. The molecule has 190 valence electrons. The van der Waals surface area contributed by atoms with Gasteiger partial charge in [0.05, 0.1) is 22.8 Å². The summed E-state index contributed by atoms with van der Waals surface area (Å²) in [5, 5.41) is 21.4. The molecule has 37 heavy (non-hydrogen) atoms. The summed E-state index contributed by atoms with van der Waals surface area (Å²) in [6, 6.07) is 3.24. The molecule has 4 heterocycles. The maximum atomic E-state index is 10.7. The molecule has 0 fully saturated rings. The van der Waals surface area contributed by atoms with Crippen molar-refractivity contribution in [2.24, 2.45) is 9.98 Å². The molecule has 0 unspecified atom stereocenters. The van der Waals surface area contributed by atoms with Crippen LogP contribution < -0.4 is 9.06 Å². The summed E-state index contributed by atoms with van der Waals surface area (Å²) in [5.41, 5.74) is 12.4. The van der Waals surface area contributed by atoms with Crippen molar-refractivity contribution in [1.82, 2.24) is 0 Å². The van der Waals surface area contributed by atoms with E-state index in [9.17, 15) is 10.2 Å². The Balaban J connectivity index is 1.90. The van der Waals surface area contributed by atoms with Crippen LogP contribution in [0.3, 0.4) is 0 Å². The number of rotatable bonds is 4. The molecule has 2 aromatic rings. The molecule has 0 atom stereocenters. The third-order valence-corrected chi connectivity index (χ3v) is 8.83. The van der Waals surface area contributed by atoms with Crippen LogP contribution in [0.25, 0.3) is 24.3 Å². The quantitative estimate of drug-likeness (QED) is 0.487. The second-order valence-corrected chi connectivity index (χ2v) is 10.8. The minimum atomic E-state index is 0.0316. The second kappa shape index (κ2) is 9.79. The highest BCUT2D eigenvalue weighted by Crippen LogP contribution is 2.37. The van der Waals surface area contributed by atoms with Crippen molar-refractivity contribution in [3.8, 4) is 11.5 Å². The lowest BCUT2D eigenvalue weighted by molar-refractivity contribution is 0.449. The van der Waals surface area contributed by atoms with E-state index in [1.54, 1.807) is 0 Å². The minimum absolute atomic E-state index is 0.0316. The monoisotopic (exact) mass is 510 g/mol. The number of hydrogen-bond donors (Lipinski definition) is 2. The minimum Gasteiger partial charge on any atom is -0.507 e. The summed E-state index contributed by atoms with van der Waals surface area (Å²) >= 11 is 1.82. The maximum absolute atomic E-state index is 10.7. The molecule has 3 aliphatic rings. The number of hydrogen-bond acceptors (Lipinski definition) is 5. The summed E-state index contributed by atoms with van der Waals surface area (Å²) in [6.07, 6.45) is 12.0. The Bertz CT molecular complexity index is 1520. The van der Waals surface area contributed by atoms with E-state index in [-0.39, 0.29) is 11.5 Å². The van der Waals surface area contributed by atoms with Crippen LogP contribution in [0.1, 0.15) is 76.6 Å². The molecule has 5 heteroatoms. The predicted octanol–water partition coefficient (Wildman–Crippen LogP) is 6.60. The van der Waals surface area contributed by atoms with Gasteiger partial charge in [0.15, 0.2) is 0 Å². The molecule has 4 nitrogen and oxygen atoms in total. The Labute approximate surface area is 222 Å². The molecule has 2 N–H and O–H groups in total. The summed E-state index contributed by atoms with van der Waals surface area (Å²) < 4.78 is 2.52. The lowest BCUT2D eigenvalue weighted by Gasteiger charge is -2.08. The van der Waals surface area contributed by atoms with E-state index < -0.39 is 0 Å². The van der Waals surface area contributed by atoms with Gasteiger partial charge >= 0.3 is 0 Å². The van der Waals surface area contributed by atoms with Gasteiger partial charge in [0, 0.05) is 26.3 Å². The maximum Gasteiger partial charge on any atom is 0.126 e. The van der Waals surface area contributed by atoms with Gasteiger partial charge in [-0.25, -0.2) is 9.98 Å². The van der Waals surface area contributed by atoms with E-state index in [1.807, 2.05) is 29.6 Å². The fraction of sp³-hybridized carbons (Fsp3) is 0.312. The van der Waals surface area contributed by atoms with Gasteiger partial charge in [-0.15, -0.1) is 11.3 Å². The van der Waals surface area contributed by atoms with Crippen LogP contribution in [0.2, 0.25) is 0 Å². The van der Waals surface area contributed by atoms with Gasteiger partial charge in [-0.2, -0.15) is 0 Å². The van der Waals surface area contributed by atoms with Gasteiger partial charge < -0.3 is 10.2 Å². The first-order valence-corrected chi connectivity index (χ1v) is 14.0. The lowest BCUT2D eigenvalue weighted by atomic mass is 9.99. The normalized spacial score (nSPS) is 16.8. The number of phenols is 2. The first-order chi connectivity index (χ1) is 17.8. The lowest BCUT2D eigenvalue weighted by Crippen LogP contribution is -2.08. The van der Waals surface area contributed by atoms with Gasteiger partial charge in [-0.1, -0.05) is 27.7 Å². The fourth-order valence-electron chi connectivity index (χ4n) is 5.60. The Morgan fingerprint density at radius 3 is 1.43 bits per heavy atom. The molecular formula is C32H34N2O2S. The first-order valence-electron chi connectivity index (χ1n) is 13.2. The third-order valence-electron chi connectivity index (χ3n) is 7.66. The van der Waals surface area contributed by atoms with E-state index in [0.29, 0.717) is 11.1 Å². The predicted molar refractivity (Wildman–Crippen MR) is 158 cm³/mol. The Morgan fingerprint density at radius 1 is 0.622 bits per heavy atom. The molecule has 3 aliphatic heterocycles. The number of nitrogens with zero attached hydrogens (tertiary/aromatic N) is 2. The van der Waals surface area contributed by atoms with Crippen molar-refractivity contribution < 1.29 is 10.2 Å². The van der Waals surface area contributed by atoms with Crippen molar-refractivity contribution in [2.75, 3.05) is 0 Å². The van der Waals surface area contributed by atoms with Crippen LogP contribution in [0, 0.1) is 0 Å². The van der Waals surface area contributed by atoms with E-state index in [0.717, 1.165) is 48.5 Å². The highest BCUT2D eigenvalue weighted by Gasteiger charge is 2.22. The van der Waals surface area contributed by atoms with Crippen molar-refractivity contribution >= 4 is 47.1 Å². The van der Waals surface area contributed by atoms with Crippen LogP contribution >= 0.6 is 11.3 Å². The standard InChI is InChI=1S/C32H34N2O2S/c1-7-21-17(5)25-14-31-23(9-3)24(10-4)32(37-31)15-26-18(6)22(8-2)28(34-26)13-20-11-19(12-27(21)33-25)29(35)16-30(20)36/h11-16,35-36H,7-10H2,1-6H3. The van der Waals surface area contributed by atoms with Crippen molar-refractivity contribution in [3.05, 3.63) is 77.1 Å². The summed E-state index contributed by atoms with van der Waals surface area (Å²) in [7, 11) is 0. The average Bonchev–Trinajstić information content (AvgIpc) is 3.46. The zero-order chi connectivity index (χ0) is 26.4.